The lowest BCUT2D eigenvalue weighted by molar-refractivity contribution is -0.138. The average molecular weight is 814 g/mol. The smallest absolute Gasteiger partial charge is 0.260 e. The number of fused-ring (bicyclic) bond motifs is 4. The van der Waals surface area contributed by atoms with Crippen molar-refractivity contribution < 1.29 is 29.0 Å². The third-order valence-corrected chi connectivity index (χ3v) is 12.9. The van der Waals surface area contributed by atoms with Gasteiger partial charge in [0.1, 0.15) is 11.5 Å². The summed E-state index contributed by atoms with van der Waals surface area (Å²) >= 11 is 12.8. The summed E-state index contributed by atoms with van der Waals surface area (Å²) in [5.74, 6) is -4.74. The standard InChI is InChI=1S/C46H38Cl2N4O6/c1-25-22-26(8-21-39(25)53)41-33-18-19-34-40(44(56)51(42(34)54)31-14-12-30(13-15-31)49-29-6-4-3-5-7-29)35(33)24-36-43(55)52(50-38-20-11-28(47)23-37(38)48)45(57)46(36,41)27-9-16-32(58-2)17-10-27/h3-18,20-23,34-36,40-41,49-50,53H,19,24H2,1-2H3. The lowest BCUT2D eigenvalue weighted by Gasteiger charge is -2.50. The van der Waals surface area contributed by atoms with Gasteiger partial charge in [-0.2, -0.15) is 5.01 Å². The molecule has 0 bridgehead atoms. The summed E-state index contributed by atoms with van der Waals surface area (Å²) in [7, 11) is 1.55. The lowest BCUT2D eigenvalue weighted by Crippen LogP contribution is -2.53. The number of phenols is 1. The number of hydrogen-bond acceptors (Lipinski definition) is 8. The van der Waals surface area contributed by atoms with E-state index >= 15 is 9.59 Å². The van der Waals surface area contributed by atoms with Gasteiger partial charge < -0.3 is 15.2 Å². The number of allylic oxidation sites excluding steroid dienone is 2. The molecular formula is C46H38Cl2N4O6. The summed E-state index contributed by atoms with van der Waals surface area (Å²) in [4.78, 5) is 60.8. The highest BCUT2D eigenvalue weighted by atomic mass is 35.5. The van der Waals surface area contributed by atoms with Gasteiger partial charge in [0.15, 0.2) is 0 Å². The van der Waals surface area contributed by atoms with Crippen LogP contribution in [-0.2, 0) is 24.6 Å². The van der Waals surface area contributed by atoms with E-state index in [9.17, 15) is 14.7 Å². The van der Waals surface area contributed by atoms with Gasteiger partial charge >= 0.3 is 0 Å². The Bertz CT molecular complexity index is 2530. The van der Waals surface area contributed by atoms with Crippen LogP contribution in [0.25, 0.3) is 0 Å². The second-order valence-electron chi connectivity index (χ2n) is 15.3. The maximum Gasteiger partial charge on any atom is 0.260 e. The van der Waals surface area contributed by atoms with Crippen LogP contribution in [0.1, 0.15) is 35.4 Å². The molecule has 12 heteroatoms. The molecule has 5 aromatic carbocycles. The van der Waals surface area contributed by atoms with E-state index in [2.05, 4.69) is 10.7 Å². The molecule has 9 rings (SSSR count). The Morgan fingerprint density at radius 1 is 0.793 bits per heavy atom. The van der Waals surface area contributed by atoms with Crippen LogP contribution in [0.3, 0.4) is 0 Å². The molecule has 0 radical (unpaired) electrons. The first kappa shape index (κ1) is 37.5. The van der Waals surface area contributed by atoms with Crippen molar-refractivity contribution in [3.8, 4) is 11.5 Å². The van der Waals surface area contributed by atoms with E-state index in [-0.39, 0.29) is 35.4 Å². The number of amides is 4. The Balaban J connectivity index is 1.16. The number of hydrazine groups is 1. The van der Waals surface area contributed by atoms with Crippen molar-refractivity contribution in [1.82, 2.24) is 5.01 Å². The molecule has 2 saturated heterocycles. The van der Waals surface area contributed by atoms with Crippen molar-refractivity contribution in [1.29, 1.82) is 0 Å². The van der Waals surface area contributed by atoms with Gasteiger partial charge in [-0.1, -0.05) is 77.3 Å². The number of rotatable bonds is 8. The van der Waals surface area contributed by atoms with Crippen molar-refractivity contribution >= 4 is 69.6 Å². The number of methoxy groups -OCH3 is 1. The van der Waals surface area contributed by atoms with E-state index < -0.39 is 46.8 Å². The second kappa shape index (κ2) is 14.4. The number of carbonyl (C=O) groups is 4. The molecule has 5 aromatic rings. The molecule has 2 aliphatic heterocycles. The monoisotopic (exact) mass is 812 g/mol. The fourth-order valence-electron chi connectivity index (χ4n) is 9.71. The van der Waals surface area contributed by atoms with Crippen molar-refractivity contribution in [3.05, 3.63) is 154 Å². The van der Waals surface area contributed by atoms with E-state index in [1.54, 1.807) is 62.6 Å². The molecule has 3 N–H and O–H groups in total. The summed E-state index contributed by atoms with van der Waals surface area (Å²) in [6.07, 6.45) is 2.40. The number of halogens is 2. The van der Waals surface area contributed by atoms with Crippen LogP contribution in [0, 0.1) is 30.6 Å². The van der Waals surface area contributed by atoms with Gasteiger partial charge in [-0.25, -0.2) is 0 Å². The molecule has 6 unspecified atom stereocenters. The normalized spacial score (nSPS) is 24.9. The number of phenolic OH excluding ortho intramolecular Hbond substituents is 1. The molecule has 0 aromatic heterocycles. The molecule has 3 fully saturated rings. The van der Waals surface area contributed by atoms with Crippen molar-refractivity contribution in [2.24, 2.45) is 23.7 Å². The Morgan fingerprint density at radius 3 is 2.21 bits per heavy atom. The van der Waals surface area contributed by atoms with E-state index in [0.29, 0.717) is 38.8 Å². The predicted octanol–water partition coefficient (Wildman–Crippen LogP) is 8.95. The molecule has 58 heavy (non-hydrogen) atoms. The Morgan fingerprint density at radius 2 is 1.52 bits per heavy atom. The highest BCUT2D eigenvalue weighted by Gasteiger charge is 2.70. The number of nitrogens with zero attached hydrogens (tertiary/aromatic N) is 2. The summed E-state index contributed by atoms with van der Waals surface area (Å²) in [6, 6.07) is 33.9. The van der Waals surface area contributed by atoms with Crippen LogP contribution < -0.4 is 20.4 Å². The van der Waals surface area contributed by atoms with E-state index in [1.165, 1.54) is 11.0 Å². The zero-order valence-corrected chi connectivity index (χ0v) is 33.0. The van der Waals surface area contributed by atoms with Gasteiger partial charge in [0.05, 0.1) is 46.7 Å². The molecule has 0 spiro atoms. The Hall–Kier alpha value is -6.10. The van der Waals surface area contributed by atoms with Crippen molar-refractivity contribution in [3.63, 3.8) is 0 Å². The van der Waals surface area contributed by atoms with Gasteiger partial charge in [0.25, 0.3) is 11.8 Å². The summed E-state index contributed by atoms with van der Waals surface area (Å²) in [5, 5.41) is 15.7. The highest BCUT2D eigenvalue weighted by molar-refractivity contribution is 6.36. The van der Waals surface area contributed by atoms with Gasteiger partial charge in [-0.05, 0) is 115 Å². The van der Waals surface area contributed by atoms with Crippen LogP contribution in [0.4, 0.5) is 22.7 Å². The first-order chi connectivity index (χ1) is 28.0. The van der Waals surface area contributed by atoms with Crippen molar-refractivity contribution in [2.45, 2.75) is 31.1 Å². The molecule has 6 atom stereocenters. The molecule has 4 aliphatic rings. The third kappa shape index (κ3) is 5.84. The summed E-state index contributed by atoms with van der Waals surface area (Å²) in [6.45, 7) is 1.78. The maximum absolute atomic E-state index is 15.5. The van der Waals surface area contributed by atoms with Gasteiger partial charge in [0.2, 0.25) is 11.8 Å². The minimum absolute atomic E-state index is 0.0792. The lowest BCUT2D eigenvalue weighted by atomic mass is 9.49. The quantitative estimate of drug-likeness (QED) is 0.105. The van der Waals surface area contributed by atoms with Gasteiger partial charge in [-0.15, -0.1) is 0 Å². The second-order valence-corrected chi connectivity index (χ2v) is 16.2. The number of para-hydroxylation sites is 1. The number of ether oxygens (including phenoxy) is 1. The molecule has 10 nitrogen and oxygen atoms in total. The van der Waals surface area contributed by atoms with Crippen LogP contribution >= 0.6 is 23.2 Å². The van der Waals surface area contributed by atoms with Gasteiger partial charge in [-0.3, -0.25) is 29.5 Å². The summed E-state index contributed by atoms with van der Waals surface area (Å²) < 4.78 is 5.49. The number of aryl methyl sites for hydroxylation is 1. The van der Waals surface area contributed by atoms with Crippen LogP contribution in [0.15, 0.2) is 127 Å². The predicted molar refractivity (Wildman–Crippen MR) is 222 cm³/mol. The number of carbonyl (C=O) groups excluding carboxylic acids is 4. The zero-order valence-electron chi connectivity index (χ0n) is 31.5. The third-order valence-electron chi connectivity index (χ3n) is 12.3. The van der Waals surface area contributed by atoms with Crippen molar-refractivity contribution in [2.75, 3.05) is 22.8 Å². The molecule has 2 aliphatic carbocycles. The fourth-order valence-corrected chi connectivity index (χ4v) is 10.2. The minimum Gasteiger partial charge on any atom is -0.508 e. The molecule has 1 saturated carbocycles. The number of hydrogen-bond donors (Lipinski definition) is 3. The average Bonchev–Trinajstić information content (AvgIpc) is 3.61. The SMILES string of the molecule is COc1ccc(C23C(=O)N(Nc4ccc(Cl)cc4Cl)C(=O)C2CC2C(=CCC4C(=O)N(c5ccc(Nc6ccccc6)cc5)C(=O)C42)C3c2ccc(O)c(C)c2)cc1. The molecule has 292 valence electrons. The fraction of sp³-hybridized carbons (Fsp3) is 0.217. The van der Waals surface area contributed by atoms with Crippen LogP contribution in [0.5, 0.6) is 11.5 Å². The van der Waals surface area contributed by atoms with Crippen LogP contribution in [-0.4, -0.2) is 40.9 Å². The Kier molecular flexibility index (Phi) is 9.29. The molecule has 2 heterocycles. The number of benzene rings is 5. The molecular weight excluding hydrogens is 775 g/mol. The zero-order chi connectivity index (χ0) is 40.5. The number of aromatic hydroxyl groups is 1. The topological polar surface area (TPSA) is 128 Å². The van der Waals surface area contributed by atoms with E-state index in [1.807, 2.05) is 66.7 Å². The highest BCUT2D eigenvalue weighted by Crippen LogP contribution is 2.64. The van der Waals surface area contributed by atoms with E-state index in [4.69, 9.17) is 27.9 Å². The number of imide groups is 2. The van der Waals surface area contributed by atoms with Gasteiger partial charge in [0, 0.05) is 22.3 Å². The Labute approximate surface area is 345 Å². The number of nitrogens with one attached hydrogen (secondary N) is 2. The maximum atomic E-state index is 15.5. The van der Waals surface area contributed by atoms with Crippen LogP contribution in [0.2, 0.25) is 10.0 Å². The first-order valence-corrected chi connectivity index (χ1v) is 19.8. The largest absolute Gasteiger partial charge is 0.508 e. The minimum atomic E-state index is -1.51. The molecule has 4 amide bonds. The van der Waals surface area contributed by atoms with E-state index in [0.717, 1.165) is 22.0 Å². The first-order valence-electron chi connectivity index (χ1n) is 19.0. The summed E-state index contributed by atoms with van der Waals surface area (Å²) in [5.41, 5.74) is 6.63. The number of anilines is 4.